The zero-order valence-corrected chi connectivity index (χ0v) is 37.3. The smallest absolute Gasteiger partial charge is 0.307 e. The topological polar surface area (TPSA) is 152 Å². The second-order valence-corrected chi connectivity index (χ2v) is 18.9. The standard InChI is InChI=1S/C52H55ClN2O7S/c1-33(54-31-47(59)39-26-43(57)29-44(58)27-39)50(37-14-20-42(56)21-15-37)62-49(60)30-52(23-24-52)32-63-48(22-16-35-8-4-5-10-45(35)51(2,3)61)38-9-6-7-34(25-38)11-18-41-19-13-36-12-17-40(53)28-46(36)55-41/h4-15,17-21,25-29,33,47-48,50,54,56-59,61H,16,22-24,30-32H2,1-3H3. The highest BCUT2D eigenvalue weighted by atomic mass is 35.5. The number of phenols is 3. The maximum absolute atomic E-state index is 13.9. The first-order valence-electron chi connectivity index (χ1n) is 21.3. The summed E-state index contributed by atoms with van der Waals surface area (Å²) in [6, 6.07) is 36.4. The molecule has 1 fully saturated rings. The van der Waals surface area contributed by atoms with Crippen LogP contribution in [0.2, 0.25) is 5.02 Å². The first-order valence-corrected chi connectivity index (χ1v) is 22.8. The highest BCUT2D eigenvalue weighted by Gasteiger charge is 2.45. The number of benzene rings is 5. The van der Waals surface area contributed by atoms with Gasteiger partial charge < -0.3 is 35.6 Å². The van der Waals surface area contributed by atoms with Crippen LogP contribution < -0.4 is 5.32 Å². The molecule has 0 amide bonds. The van der Waals surface area contributed by atoms with Crippen LogP contribution in [-0.2, 0) is 21.6 Å². The zero-order chi connectivity index (χ0) is 44.7. The summed E-state index contributed by atoms with van der Waals surface area (Å²) in [6.45, 7) is 5.56. The number of carbonyl (C=O) groups excluding carboxylic acids is 1. The predicted octanol–water partition coefficient (Wildman–Crippen LogP) is 11.0. The number of rotatable bonds is 19. The number of halogens is 1. The van der Waals surface area contributed by atoms with Gasteiger partial charge in [0.1, 0.15) is 23.4 Å². The number of fused-ring (bicyclic) bond motifs is 1. The van der Waals surface area contributed by atoms with Gasteiger partial charge in [-0.25, -0.2) is 4.98 Å². The number of aliphatic hydroxyl groups excluding tert-OH is 1. The SMILES string of the molecule is CC(NCC(O)c1cc(O)cc(O)c1)C(OC(=O)CC1(CSC(CCc2ccccc2C(C)(C)O)c2cccc(C=Cc3ccc4ccc(Cl)cc4n3)c2)CC1)c1ccc(O)cc1. The molecule has 1 heterocycles. The number of aromatic nitrogens is 1. The van der Waals surface area contributed by atoms with Crippen LogP contribution in [0.1, 0.15) is 103 Å². The molecule has 0 saturated heterocycles. The van der Waals surface area contributed by atoms with Crippen molar-refractivity contribution < 1.29 is 35.1 Å². The average Bonchev–Trinajstić information content (AvgIpc) is 4.02. The molecule has 6 aromatic rings. The molecule has 7 rings (SSSR count). The van der Waals surface area contributed by atoms with Gasteiger partial charge >= 0.3 is 5.97 Å². The Bertz CT molecular complexity index is 2530. The molecule has 6 N–H and O–H groups in total. The fourth-order valence-corrected chi connectivity index (χ4v) is 9.72. The van der Waals surface area contributed by atoms with Gasteiger partial charge in [0, 0.05) is 40.1 Å². The summed E-state index contributed by atoms with van der Waals surface area (Å²) < 4.78 is 6.24. The van der Waals surface area contributed by atoms with Gasteiger partial charge in [-0.2, -0.15) is 11.8 Å². The number of aryl methyl sites for hydroxylation is 1. The van der Waals surface area contributed by atoms with Crippen molar-refractivity contribution in [2.75, 3.05) is 12.3 Å². The number of hydrogen-bond donors (Lipinski definition) is 6. The molecule has 1 aliphatic carbocycles. The van der Waals surface area contributed by atoms with Crippen molar-refractivity contribution in [3.63, 3.8) is 0 Å². The Balaban J connectivity index is 1.06. The van der Waals surface area contributed by atoms with E-state index in [9.17, 15) is 30.3 Å². The van der Waals surface area contributed by atoms with E-state index in [1.165, 1.54) is 23.8 Å². The highest BCUT2D eigenvalue weighted by molar-refractivity contribution is 7.99. The lowest BCUT2D eigenvalue weighted by molar-refractivity contribution is -0.152. The molecule has 9 nitrogen and oxygen atoms in total. The summed E-state index contributed by atoms with van der Waals surface area (Å²) in [5.41, 5.74) is 5.73. The van der Waals surface area contributed by atoms with Crippen molar-refractivity contribution in [3.8, 4) is 17.2 Å². The van der Waals surface area contributed by atoms with Gasteiger partial charge in [-0.05, 0) is 134 Å². The van der Waals surface area contributed by atoms with Crippen LogP contribution in [-0.4, -0.2) is 54.8 Å². The van der Waals surface area contributed by atoms with E-state index in [-0.39, 0.29) is 46.8 Å². The lowest BCUT2D eigenvalue weighted by Crippen LogP contribution is -2.37. The van der Waals surface area contributed by atoms with Crippen LogP contribution in [0.3, 0.4) is 0 Å². The fourth-order valence-electron chi connectivity index (χ4n) is 7.98. The van der Waals surface area contributed by atoms with Gasteiger partial charge in [0.25, 0.3) is 0 Å². The number of hydrogen-bond acceptors (Lipinski definition) is 10. The Kier molecular flexibility index (Phi) is 14.5. The van der Waals surface area contributed by atoms with Crippen LogP contribution in [0.25, 0.3) is 23.1 Å². The number of nitrogens with one attached hydrogen (secondary N) is 1. The van der Waals surface area contributed by atoms with Crippen molar-refractivity contribution >= 4 is 52.4 Å². The van der Waals surface area contributed by atoms with Crippen molar-refractivity contribution in [3.05, 3.63) is 165 Å². The fraction of sp³-hybridized carbons (Fsp3) is 0.308. The monoisotopic (exact) mass is 886 g/mol. The second kappa shape index (κ2) is 20.0. The minimum absolute atomic E-state index is 0.0606. The summed E-state index contributed by atoms with van der Waals surface area (Å²) in [4.78, 5) is 18.7. The summed E-state index contributed by atoms with van der Waals surface area (Å²) >= 11 is 8.10. The number of esters is 1. The average molecular weight is 888 g/mol. The zero-order valence-electron chi connectivity index (χ0n) is 35.7. The Morgan fingerprint density at radius 3 is 2.32 bits per heavy atom. The van der Waals surface area contributed by atoms with Gasteiger partial charge in [-0.1, -0.05) is 90.5 Å². The Labute approximate surface area is 378 Å². The second-order valence-electron chi connectivity index (χ2n) is 17.3. The normalized spacial score (nSPS) is 15.5. The Hall–Kier alpha value is -5.36. The molecule has 0 aliphatic heterocycles. The summed E-state index contributed by atoms with van der Waals surface area (Å²) in [7, 11) is 0. The van der Waals surface area contributed by atoms with E-state index < -0.39 is 23.9 Å². The number of thioether (sulfide) groups is 1. The van der Waals surface area contributed by atoms with Crippen LogP contribution in [0, 0.1) is 5.41 Å². The molecule has 1 aromatic heterocycles. The van der Waals surface area contributed by atoms with Crippen molar-refractivity contribution in [2.24, 2.45) is 5.41 Å². The summed E-state index contributed by atoms with van der Waals surface area (Å²) in [6.07, 6.45) is 5.93. The first-order chi connectivity index (χ1) is 30.1. The van der Waals surface area contributed by atoms with E-state index in [1.54, 1.807) is 24.3 Å². The molecule has 0 spiro atoms. The number of aromatic hydroxyl groups is 3. The third kappa shape index (κ3) is 12.4. The van der Waals surface area contributed by atoms with Crippen LogP contribution in [0.15, 0.2) is 121 Å². The van der Waals surface area contributed by atoms with E-state index in [1.807, 2.05) is 87.1 Å². The molecular formula is C52H55ClN2O7S. The lowest BCUT2D eigenvalue weighted by Gasteiger charge is -2.28. The molecule has 5 aromatic carbocycles. The third-order valence-electron chi connectivity index (χ3n) is 11.7. The molecule has 11 heteroatoms. The van der Waals surface area contributed by atoms with E-state index in [0.717, 1.165) is 64.7 Å². The van der Waals surface area contributed by atoms with Gasteiger partial charge in [0.15, 0.2) is 0 Å². The first kappa shape index (κ1) is 45.7. The minimum Gasteiger partial charge on any atom is -0.508 e. The van der Waals surface area contributed by atoms with Gasteiger partial charge in [-0.3, -0.25) is 4.79 Å². The van der Waals surface area contributed by atoms with Crippen LogP contribution in [0.4, 0.5) is 0 Å². The molecule has 0 radical (unpaired) electrons. The maximum atomic E-state index is 13.9. The van der Waals surface area contributed by atoms with E-state index in [2.05, 4.69) is 41.7 Å². The lowest BCUT2D eigenvalue weighted by atomic mass is 9.90. The molecule has 1 saturated carbocycles. The number of phenolic OH excluding ortho intramolecular Hbond substituents is 3. The summed E-state index contributed by atoms with van der Waals surface area (Å²) in [5, 5.41) is 56.8. The largest absolute Gasteiger partial charge is 0.508 e. The number of aliphatic hydroxyl groups is 2. The highest BCUT2D eigenvalue weighted by Crippen LogP contribution is 2.54. The number of pyridine rings is 1. The molecule has 4 unspecified atom stereocenters. The number of ether oxygens (including phenoxy) is 1. The molecule has 63 heavy (non-hydrogen) atoms. The van der Waals surface area contributed by atoms with Crippen molar-refractivity contribution in [1.82, 2.24) is 10.3 Å². The van der Waals surface area contributed by atoms with E-state index in [0.29, 0.717) is 16.1 Å². The Morgan fingerprint density at radius 2 is 1.59 bits per heavy atom. The predicted molar refractivity (Wildman–Crippen MR) is 253 cm³/mol. The minimum atomic E-state index is -1.05. The van der Waals surface area contributed by atoms with Crippen LogP contribution >= 0.6 is 23.4 Å². The molecular weight excluding hydrogens is 832 g/mol. The van der Waals surface area contributed by atoms with Gasteiger partial charge in [-0.15, -0.1) is 0 Å². The van der Waals surface area contributed by atoms with Crippen molar-refractivity contribution in [2.45, 2.75) is 82.0 Å². The molecule has 328 valence electrons. The van der Waals surface area contributed by atoms with E-state index >= 15 is 0 Å². The number of carbonyl (C=O) groups is 1. The van der Waals surface area contributed by atoms with E-state index in [4.69, 9.17) is 21.3 Å². The van der Waals surface area contributed by atoms with Crippen LogP contribution in [0.5, 0.6) is 17.2 Å². The third-order valence-corrected chi connectivity index (χ3v) is 13.6. The maximum Gasteiger partial charge on any atom is 0.307 e. The van der Waals surface area contributed by atoms with Crippen molar-refractivity contribution in [1.29, 1.82) is 0 Å². The molecule has 4 atom stereocenters. The van der Waals surface area contributed by atoms with Gasteiger partial charge in [0.2, 0.25) is 0 Å². The number of nitrogens with zero attached hydrogens (tertiary/aromatic N) is 1. The molecule has 0 bridgehead atoms. The summed E-state index contributed by atoms with van der Waals surface area (Å²) in [5.74, 6) is 0.191. The Morgan fingerprint density at radius 1 is 0.857 bits per heavy atom. The molecule has 1 aliphatic rings. The van der Waals surface area contributed by atoms with Gasteiger partial charge in [0.05, 0.1) is 29.3 Å². The quantitative estimate of drug-likeness (QED) is 0.0434.